The van der Waals surface area contributed by atoms with Gasteiger partial charge in [0, 0.05) is 29.4 Å². The van der Waals surface area contributed by atoms with Gasteiger partial charge in [-0.3, -0.25) is 4.98 Å². The number of aromatic nitrogens is 1. The largest absolute Gasteiger partial charge is 0.387 e. The summed E-state index contributed by atoms with van der Waals surface area (Å²) in [6.07, 6.45) is 1.14. The van der Waals surface area contributed by atoms with Gasteiger partial charge in [-0.1, -0.05) is 35.9 Å². The van der Waals surface area contributed by atoms with E-state index in [-0.39, 0.29) is 6.04 Å². The molecule has 0 spiro atoms. The first-order valence-electron chi connectivity index (χ1n) is 6.25. The number of hydrogen-bond acceptors (Lipinski definition) is 3. The third-order valence-electron chi connectivity index (χ3n) is 3.01. The Hall–Kier alpha value is -1.42. The number of halogens is 1. The van der Waals surface area contributed by atoms with Crippen LogP contribution in [0.2, 0.25) is 5.02 Å². The molecule has 0 amide bonds. The molecule has 4 heteroatoms. The van der Waals surface area contributed by atoms with Crippen molar-refractivity contribution in [3.63, 3.8) is 0 Å². The molecule has 0 aliphatic rings. The summed E-state index contributed by atoms with van der Waals surface area (Å²) in [7, 11) is 0. The van der Waals surface area contributed by atoms with Crippen molar-refractivity contribution in [1.82, 2.24) is 10.3 Å². The maximum absolute atomic E-state index is 10.1. The van der Waals surface area contributed by atoms with E-state index in [0.29, 0.717) is 11.6 Å². The van der Waals surface area contributed by atoms with Gasteiger partial charge in [-0.05, 0) is 25.1 Å². The van der Waals surface area contributed by atoms with Crippen molar-refractivity contribution >= 4 is 11.6 Å². The number of hydrogen-bond donors (Lipinski definition) is 2. The van der Waals surface area contributed by atoms with Crippen molar-refractivity contribution < 1.29 is 5.11 Å². The fraction of sp³-hybridized carbons (Fsp3) is 0.267. The number of aliphatic hydroxyl groups excluding tert-OH is 1. The summed E-state index contributed by atoms with van der Waals surface area (Å²) in [6, 6.07) is 13.2. The molecule has 1 aromatic heterocycles. The fourth-order valence-corrected chi connectivity index (χ4v) is 2.14. The Bertz CT molecular complexity index is 519. The number of benzene rings is 1. The highest BCUT2D eigenvalue weighted by Gasteiger charge is 2.13. The molecule has 0 saturated carbocycles. The van der Waals surface area contributed by atoms with Crippen LogP contribution in [0, 0.1) is 0 Å². The Morgan fingerprint density at radius 2 is 1.95 bits per heavy atom. The summed E-state index contributed by atoms with van der Waals surface area (Å²) in [5.74, 6) is 0. The lowest BCUT2D eigenvalue weighted by molar-refractivity contribution is 0.170. The lowest BCUT2D eigenvalue weighted by Crippen LogP contribution is -2.25. The zero-order valence-electron chi connectivity index (χ0n) is 10.8. The molecule has 2 atom stereocenters. The maximum atomic E-state index is 10.1. The maximum Gasteiger partial charge on any atom is 0.0928 e. The second kappa shape index (κ2) is 6.66. The van der Waals surface area contributed by atoms with Crippen LogP contribution < -0.4 is 5.32 Å². The summed E-state index contributed by atoms with van der Waals surface area (Å²) in [4.78, 5) is 4.28. The minimum atomic E-state index is -0.625. The topological polar surface area (TPSA) is 45.1 Å². The molecule has 19 heavy (non-hydrogen) atoms. The van der Waals surface area contributed by atoms with Gasteiger partial charge in [0.2, 0.25) is 0 Å². The van der Waals surface area contributed by atoms with Crippen molar-refractivity contribution in [3.05, 3.63) is 64.9 Å². The number of nitrogens with one attached hydrogen (secondary N) is 1. The zero-order valence-corrected chi connectivity index (χ0v) is 11.5. The molecule has 0 bridgehead atoms. The van der Waals surface area contributed by atoms with E-state index >= 15 is 0 Å². The lowest BCUT2D eigenvalue weighted by atomic mass is 10.1. The third-order valence-corrected chi connectivity index (χ3v) is 3.36. The van der Waals surface area contributed by atoms with Gasteiger partial charge in [0.15, 0.2) is 0 Å². The van der Waals surface area contributed by atoms with Crippen molar-refractivity contribution in [2.75, 3.05) is 6.54 Å². The quantitative estimate of drug-likeness (QED) is 0.882. The van der Waals surface area contributed by atoms with Crippen LogP contribution in [0.15, 0.2) is 48.7 Å². The van der Waals surface area contributed by atoms with Gasteiger partial charge in [0.25, 0.3) is 0 Å². The molecule has 0 radical (unpaired) electrons. The Morgan fingerprint density at radius 1 is 1.21 bits per heavy atom. The van der Waals surface area contributed by atoms with Gasteiger partial charge in [0.1, 0.15) is 0 Å². The van der Waals surface area contributed by atoms with Gasteiger partial charge < -0.3 is 10.4 Å². The number of nitrogens with zero attached hydrogens (tertiary/aromatic N) is 1. The van der Waals surface area contributed by atoms with Crippen LogP contribution in [-0.2, 0) is 0 Å². The molecule has 2 aromatic rings. The predicted molar refractivity (Wildman–Crippen MR) is 77.1 cm³/mol. The van der Waals surface area contributed by atoms with Crippen LogP contribution in [0.1, 0.15) is 30.3 Å². The van der Waals surface area contributed by atoms with Gasteiger partial charge in [-0.15, -0.1) is 0 Å². The standard InChI is InChI=1S/C15H17ClN2O/c1-11(14-8-4-5-9-17-14)18-10-15(19)12-6-2-3-7-13(12)16/h2-9,11,15,18-19H,10H2,1H3. The first-order chi connectivity index (χ1) is 9.18. The van der Waals surface area contributed by atoms with Crippen LogP contribution in [0.25, 0.3) is 0 Å². The smallest absolute Gasteiger partial charge is 0.0928 e. The fourth-order valence-electron chi connectivity index (χ4n) is 1.88. The molecule has 0 aliphatic carbocycles. The van der Waals surface area contributed by atoms with E-state index in [0.717, 1.165) is 11.3 Å². The highest BCUT2D eigenvalue weighted by Crippen LogP contribution is 2.22. The molecule has 1 heterocycles. The molecular formula is C15H17ClN2O. The van der Waals surface area contributed by atoms with E-state index in [1.807, 2.05) is 43.3 Å². The van der Waals surface area contributed by atoms with Crippen molar-refractivity contribution in [2.45, 2.75) is 19.1 Å². The second-order valence-electron chi connectivity index (χ2n) is 4.42. The number of pyridine rings is 1. The SMILES string of the molecule is CC(NCC(O)c1ccccc1Cl)c1ccccn1. The molecule has 0 aliphatic heterocycles. The van der Waals surface area contributed by atoms with Crippen LogP contribution in [0.3, 0.4) is 0 Å². The van der Waals surface area contributed by atoms with Crippen molar-refractivity contribution in [1.29, 1.82) is 0 Å². The Balaban J connectivity index is 1.94. The van der Waals surface area contributed by atoms with E-state index in [2.05, 4.69) is 10.3 Å². The van der Waals surface area contributed by atoms with Crippen LogP contribution in [0.5, 0.6) is 0 Å². The average Bonchev–Trinajstić information content (AvgIpc) is 2.46. The predicted octanol–water partition coefficient (Wildman–Crippen LogP) is 3.12. The molecule has 2 rings (SSSR count). The zero-order chi connectivity index (χ0) is 13.7. The third kappa shape index (κ3) is 3.77. The molecular weight excluding hydrogens is 260 g/mol. The summed E-state index contributed by atoms with van der Waals surface area (Å²) in [5, 5.41) is 14.0. The van der Waals surface area contributed by atoms with Crippen molar-refractivity contribution in [3.8, 4) is 0 Å². The van der Waals surface area contributed by atoms with Crippen LogP contribution in [-0.4, -0.2) is 16.6 Å². The van der Waals surface area contributed by atoms with Gasteiger partial charge >= 0.3 is 0 Å². The summed E-state index contributed by atoms with van der Waals surface area (Å²) in [6.45, 7) is 2.45. The summed E-state index contributed by atoms with van der Waals surface area (Å²) < 4.78 is 0. The van der Waals surface area contributed by atoms with Gasteiger partial charge in [0.05, 0.1) is 11.8 Å². The highest BCUT2D eigenvalue weighted by atomic mass is 35.5. The van der Waals surface area contributed by atoms with E-state index in [4.69, 9.17) is 11.6 Å². The van der Waals surface area contributed by atoms with Crippen LogP contribution in [0.4, 0.5) is 0 Å². The molecule has 0 saturated heterocycles. The highest BCUT2D eigenvalue weighted by molar-refractivity contribution is 6.31. The monoisotopic (exact) mass is 276 g/mol. The first-order valence-corrected chi connectivity index (χ1v) is 6.63. The van der Waals surface area contributed by atoms with E-state index < -0.39 is 6.10 Å². The molecule has 3 nitrogen and oxygen atoms in total. The van der Waals surface area contributed by atoms with Gasteiger partial charge in [-0.25, -0.2) is 0 Å². The minimum absolute atomic E-state index is 0.0818. The summed E-state index contributed by atoms with van der Waals surface area (Å²) in [5.41, 5.74) is 1.69. The van der Waals surface area contributed by atoms with Crippen molar-refractivity contribution in [2.24, 2.45) is 0 Å². The number of rotatable bonds is 5. The molecule has 2 unspecified atom stereocenters. The molecule has 1 aromatic carbocycles. The Labute approximate surface area is 118 Å². The normalized spacial score (nSPS) is 14.1. The Kier molecular flexibility index (Phi) is 4.91. The van der Waals surface area contributed by atoms with Crippen LogP contribution >= 0.6 is 11.6 Å². The van der Waals surface area contributed by atoms with E-state index in [1.54, 1.807) is 12.3 Å². The van der Waals surface area contributed by atoms with E-state index in [9.17, 15) is 5.11 Å². The lowest BCUT2D eigenvalue weighted by Gasteiger charge is -2.17. The second-order valence-corrected chi connectivity index (χ2v) is 4.83. The molecule has 100 valence electrons. The van der Waals surface area contributed by atoms with E-state index in [1.165, 1.54) is 0 Å². The minimum Gasteiger partial charge on any atom is -0.387 e. The van der Waals surface area contributed by atoms with Gasteiger partial charge in [-0.2, -0.15) is 0 Å². The molecule has 2 N–H and O–H groups in total. The first kappa shape index (κ1) is 14.0. The average molecular weight is 277 g/mol. The summed E-state index contributed by atoms with van der Waals surface area (Å²) >= 11 is 6.05. The number of aliphatic hydroxyl groups is 1. The molecule has 0 fully saturated rings. The Morgan fingerprint density at radius 3 is 2.63 bits per heavy atom.